The lowest BCUT2D eigenvalue weighted by Gasteiger charge is -2.20. The summed E-state index contributed by atoms with van der Waals surface area (Å²) in [5, 5.41) is 3.07. The lowest BCUT2D eigenvalue weighted by molar-refractivity contribution is -0.673. The van der Waals surface area contributed by atoms with Gasteiger partial charge in [0.15, 0.2) is 6.20 Å². The van der Waals surface area contributed by atoms with E-state index >= 15 is 0 Å². The van der Waals surface area contributed by atoms with E-state index in [2.05, 4.69) is 35.4 Å². The number of hydrogen-bond donors (Lipinski definition) is 0. The van der Waals surface area contributed by atoms with Crippen molar-refractivity contribution in [2.75, 3.05) is 4.90 Å². The largest absolute Gasteiger partial charge is 1.00 e. The molecule has 28 heavy (non-hydrogen) atoms. The van der Waals surface area contributed by atoms with E-state index in [1.54, 1.807) is 16.3 Å². The van der Waals surface area contributed by atoms with Crippen molar-refractivity contribution in [2.24, 2.45) is 14.1 Å². The zero-order chi connectivity index (χ0) is 19.0. The highest BCUT2D eigenvalue weighted by atomic mass is 127. The number of benzene rings is 1. The van der Waals surface area contributed by atoms with Crippen LogP contribution in [0.15, 0.2) is 70.6 Å². The molecule has 0 atom stereocenters. The van der Waals surface area contributed by atoms with Crippen molar-refractivity contribution in [2.45, 2.75) is 6.92 Å². The van der Waals surface area contributed by atoms with Gasteiger partial charge in [0.1, 0.15) is 21.3 Å². The van der Waals surface area contributed by atoms with E-state index < -0.39 is 0 Å². The van der Waals surface area contributed by atoms with Gasteiger partial charge in [-0.3, -0.25) is 4.79 Å². The molecule has 144 valence electrons. The minimum atomic E-state index is 0. The summed E-state index contributed by atoms with van der Waals surface area (Å²) in [7, 11) is 3.84. The number of pyridine rings is 1. The van der Waals surface area contributed by atoms with E-state index in [0.29, 0.717) is 0 Å². The van der Waals surface area contributed by atoms with Gasteiger partial charge in [-0.25, -0.2) is 4.57 Å². The fraction of sp³-hybridized carbons (Fsp3) is 0.143. The van der Waals surface area contributed by atoms with Crippen LogP contribution in [0.5, 0.6) is 0 Å². The number of halogens is 1. The van der Waals surface area contributed by atoms with Crippen LogP contribution < -0.4 is 48.2 Å². The summed E-state index contributed by atoms with van der Waals surface area (Å²) in [5.41, 5.74) is 3.29. The number of allylic oxidation sites excluding steroid dienone is 1. The van der Waals surface area contributed by atoms with Gasteiger partial charge in [0.25, 0.3) is 5.56 Å². The summed E-state index contributed by atoms with van der Waals surface area (Å²) >= 11 is 3.15. The number of hydrogen-bond acceptors (Lipinski definition) is 4. The Labute approximate surface area is 189 Å². The van der Waals surface area contributed by atoms with Crippen LogP contribution in [0.2, 0.25) is 0 Å². The summed E-state index contributed by atoms with van der Waals surface area (Å²) in [6.07, 6.45) is 4.06. The van der Waals surface area contributed by atoms with E-state index in [1.165, 1.54) is 11.3 Å². The molecule has 3 heterocycles. The molecule has 0 bridgehead atoms. The van der Waals surface area contributed by atoms with Crippen molar-refractivity contribution >= 4 is 39.9 Å². The van der Waals surface area contributed by atoms with E-state index in [9.17, 15) is 4.79 Å². The first-order valence-corrected chi connectivity index (χ1v) is 10.3. The van der Waals surface area contributed by atoms with E-state index in [4.69, 9.17) is 0 Å². The summed E-state index contributed by atoms with van der Waals surface area (Å²) in [4.78, 5) is 15.2. The van der Waals surface area contributed by atoms with Crippen LogP contribution in [0.4, 0.5) is 5.69 Å². The molecule has 0 saturated carbocycles. The first-order valence-electron chi connectivity index (χ1n) is 8.61. The van der Waals surface area contributed by atoms with Gasteiger partial charge in [-0.05, 0) is 30.5 Å². The first-order chi connectivity index (χ1) is 13.1. The lowest BCUT2D eigenvalue weighted by Crippen LogP contribution is -3.00. The Balaban J connectivity index is 0.00000225. The zero-order valence-electron chi connectivity index (χ0n) is 15.8. The number of thioether (sulfide) groups is 1. The van der Waals surface area contributed by atoms with Crippen molar-refractivity contribution < 1.29 is 28.5 Å². The first kappa shape index (κ1) is 20.9. The van der Waals surface area contributed by atoms with Gasteiger partial charge in [0.2, 0.25) is 5.69 Å². The van der Waals surface area contributed by atoms with Gasteiger partial charge < -0.3 is 33.4 Å². The Hall–Kier alpha value is -1.84. The second kappa shape index (κ2) is 8.67. The van der Waals surface area contributed by atoms with Crippen LogP contribution in [0.1, 0.15) is 12.6 Å². The number of nitrogens with zero attached hydrogens (tertiary/aromatic N) is 3. The smallest absolute Gasteiger partial charge is 0.271 e. The summed E-state index contributed by atoms with van der Waals surface area (Å²) in [6.45, 7) is 2.07. The average molecular weight is 521 g/mol. The molecule has 7 heteroatoms. The van der Waals surface area contributed by atoms with E-state index in [1.807, 2.05) is 61.3 Å². The molecule has 0 radical (unpaired) electrons. The minimum absolute atomic E-state index is 0. The third-order valence-electron chi connectivity index (χ3n) is 4.51. The average Bonchev–Trinajstić information content (AvgIpc) is 3.19. The Morgan fingerprint density at radius 1 is 1.07 bits per heavy atom. The van der Waals surface area contributed by atoms with Gasteiger partial charge in [0.05, 0.1) is 0 Å². The number of thiazole rings is 1. The number of rotatable bonds is 2. The highest BCUT2D eigenvalue weighted by molar-refractivity contribution is 8.11. The lowest BCUT2D eigenvalue weighted by atomic mass is 10.3. The molecule has 0 amide bonds. The van der Waals surface area contributed by atoms with Gasteiger partial charge in [0, 0.05) is 36.6 Å². The molecule has 1 aliphatic rings. The maximum atomic E-state index is 13.0. The van der Waals surface area contributed by atoms with E-state index in [-0.39, 0.29) is 29.5 Å². The van der Waals surface area contributed by atoms with Crippen LogP contribution in [0.25, 0.3) is 11.1 Å². The molecule has 0 saturated heterocycles. The number of aromatic nitrogens is 2. The van der Waals surface area contributed by atoms with Crippen LogP contribution in [-0.4, -0.2) is 4.57 Å². The van der Waals surface area contributed by atoms with Crippen LogP contribution in [-0.2, 0) is 14.1 Å². The Bertz CT molecular complexity index is 1210. The Morgan fingerprint density at radius 3 is 2.50 bits per heavy atom. The van der Waals surface area contributed by atoms with Crippen molar-refractivity contribution in [1.82, 2.24) is 4.57 Å². The second-order valence-corrected chi connectivity index (χ2v) is 8.26. The number of aryl methyl sites for hydroxylation is 1. The van der Waals surface area contributed by atoms with Gasteiger partial charge in [-0.2, -0.15) is 0 Å². The third-order valence-corrected chi connectivity index (χ3v) is 6.88. The summed E-state index contributed by atoms with van der Waals surface area (Å²) < 4.78 is 5.48. The van der Waals surface area contributed by atoms with Crippen molar-refractivity contribution in [3.8, 4) is 0 Å². The maximum Gasteiger partial charge on any atom is 0.271 e. The highest BCUT2D eigenvalue weighted by Gasteiger charge is 2.23. The predicted octanol–water partition coefficient (Wildman–Crippen LogP) is -0.715. The topological polar surface area (TPSA) is 29.1 Å². The SMILES string of the molecule is CC1=CS/C(=c2/s/c(=C\c3cccc[n+]3C)n(C)c2=O)N1c1ccccc1.[I-]. The molecule has 1 aromatic carbocycles. The second-order valence-electron chi connectivity index (χ2n) is 6.37. The van der Waals surface area contributed by atoms with Gasteiger partial charge in [-0.15, -0.1) is 11.3 Å². The fourth-order valence-electron chi connectivity index (χ4n) is 3.00. The molecule has 1 aliphatic heterocycles. The normalized spacial score (nSPS) is 16.2. The Morgan fingerprint density at radius 2 is 1.79 bits per heavy atom. The zero-order valence-corrected chi connectivity index (χ0v) is 19.6. The summed E-state index contributed by atoms with van der Waals surface area (Å²) in [6, 6.07) is 16.2. The van der Waals surface area contributed by atoms with Gasteiger partial charge >= 0.3 is 0 Å². The van der Waals surface area contributed by atoms with Gasteiger partial charge in [-0.1, -0.05) is 30.0 Å². The minimum Gasteiger partial charge on any atom is -1.00 e. The molecule has 0 fully saturated rings. The predicted molar refractivity (Wildman–Crippen MR) is 114 cm³/mol. The van der Waals surface area contributed by atoms with Crippen LogP contribution >= 0.6 is 23.1 Å². The quantitative estimate of drug-likeness (QED) is 0.330. The van der Waals surface area contributed by atoms with Crippen molar-refractivity contribution in [3.05, 3.63) is 91.1 Å². The molecular formula is C21H20IN3OS2. The molecule has 0 N–H and O–H groups in total. The molecule has 3 aromatic rings. The van der Waals surface area contributed by atoms with Crippen LogP contribution in [0, 0.1) is 0 Å². The van der Waals surface area contributed by atoms with Crippen molar-refractivity contribution in [1.29, 1.82) is 0 Å². The third kappa shape index (κ3) is 3.83. The highest BCUT2D eigenvalue weighted by Crippen LogP contribution is 2.38. The maximum absolute atomic E-state index is 13.0. The number of anilines is 1. The molecule has 0 unspecified atom stereocenters. The molecule has 2 aromatic heterocycles. The van der Waals surface area contributed by atoms with Crippen molar-refractivity contribution in [3.63, 3.8) is 0 Å². The van der Waals surface area contributed by atoms with E-state index in [0.717, 1.165) is 31.3 Å². The number of para-hydroxylation sites is 1. The summed E-state index contributed by atoms with van der Waals surface area (Å²) in [5.74, 6) is 0. The fourth-order valence-corrected chi connectivity index (χ4v) is 5.22. The molecule has 4 rings (SSSR count). The van der Waals surface area contributed by atoms with Crippen LogP contribution in [0.3, 0.4) is 0 Å². The standard InChI is InChI=1S/C21H20N3OS2.HI/c1-15-14-26-21(24(15)16-9-5-4-6-10-16)19-20(25)23(3)18(27-19)13-17-11-7-8-12-22(17)2;/h4-14H,1-3H3;1H/q+1;/p-1/b21-19+;. The molecule has 0 spiro atoms. The monoisotopic (exact) mass is 521 g/mol. The molecular weight excluding hydrogens is 501 g/mol. The molecule has 4 nitrogen and oxygen atoms in total. The molecule has 0 aliphatic carbocycles. The Kier molecular flexibility index (Phi) is 6.47.